The van der Waals surface area contributed by atoms with Crippen LogP contribution in [0, 0.1) is 62.6 Å². The Labute approximate surface area is 350 Å². The van der Waals surface area contributed by atoms with Crippen LogP contribution < -0.4 is 10.6 Å². The molecule has 58 heavy (non-hydrogen) atoms. The normalized spacial score (nSPS) is 38.7. The minimum absolute atomic E-state index is 0.0133. The number of rotatable bonds is 8. The van der Waals surface area contributed by atoms with Gasteiger partial charge in [0.2, 0.25) is 5.91 Å². The van der Waals surface area contributed by atoms with Gasteiger partial charge in [-0.2, -0.15) is 0 Å². The van der Waals surface area contributed by atoms with Crippen molar-refractivity contribution in [3.8, 4) is 0 Å². The first-order valence-corrected chi connectivity index (χ1v) is 22.3. The molecule has 10 atom stereocenters. The predicted octanol–water partition coefficient (Wildman–Crippen LogP) is 9.36. The molecule has 10 heteroatoms. The fraction of sp³-hybridized carbons (Fsp3) is 0.729. The highest BCUT2D eigenvalue weighted by Crippen LogP contribution is 2.76. The molecule has 0 aliphatic heterocycles. The summed E-state index contributed by atoms with van der Waals surface area (Å²) in [6, 6.07) is 6.58. The van der Waals surface area contributed by atoms with Crippen LogP contribution in [0.1, 0.15) is 151 Å². The second-order valence-corrected chi connectivity index (χ2v) is 22.5. The monoisotopic (exact) mass is 818 g/mol. The van der Waals surface area contributed by atoms with E-state index in [1.165, 1.54) is 0 Å². The van der Waals surface area contributed by atoms with Gasteiger partial charge in [-0.3, -0.25) is 24.0 Å². The van der Waals surface area contributed by atoms with Crippen molar-refractivity contribution in [3.63, 3.8) is 0 Å². The number of esters is 1. The molecule has 6 aliphatic rings. The molecule has 0 saturated heterocycles. The van der Waals surface area contributed by atoms with E-state index in [4.69, 9.17) is 16.3 Å². The van der Waals surface area contributed by atoms with Gasteiger partial charge in [-0.15, -0.1) is 0 Å². The molecule has 0 spiro atoms. The highest BCUT2D eigenvalue weighted by molar-refractivity contribution is 6.30. The number of benzene rings is 1. The molecule has 0 aromatic heterocycles. The first-order valence-electron chi connectivity index (χ1n) is 21.9. The summed E-state index contributed by atoms with van der Waals surface area (Å²) in [7, 11) is 0. The van der Waals surface area contributed by atoms with Crippen molar-refractivity contribution in [1.29, 1.82) is 0 Å². The van der Waals surface area contributed by atoms with Gasteiger partial charge in [0.05, 0.1) is 17.4 Å². The van der Waals surface area contributed by atoms with E-state index in [1.807, 2.05) is 13.8 Å². The molecule has 2 amide bonds. The Morgan fingerprint density at radius 3 is 2.09 bits per heavy atom. The predicted molar refractivity (Wildman–Crippen MR) is 224 cm³/mol. The lowest BCUT2D eigenvalue weighted by molar-refractivity contribution is -0.235. The number of allylic oxidation sites excluding steroid dienone is 1. The van der Waals surface area contributed by atoms with Gasteiger partial charge in [0.1, 0.15) is 11.6 Å². The van der Waals surface area contributed by atoms with Crippen LogP contribution >= 0.6 is 11.6 Å². The molecule has 0 heterocycles. The fourth-order valence-corrected chi connectivity index (χ4v) is 14.4. The largest absolute Gasteiger partial charge is 0.481 e. The number of aliphatic carboxylic acids is 1. The van der Waals surface area contributed by atoms with Crippen LogP contribution in [0.5, 0.6) is 0 Å². The van der Waals surface area contributed by atoms with Crippen LogP contribution in [-0.2, 0) is 23.9 Å². The van der Waals surface area contributed by atoms with Crippen molar-refractivity contribution in [3.05, 3.63) is 46.0 Å². The van der Waals surface area contributed by atoms with E-state index >= 15 is 0 Å². The maximum atomic E-state index is 14.4. The van der Waals surface area contributed by atoms with Crippen LogP contribution in [0.2, 0.25) is 5.02 Å². The molecule has 5 saturated carbocycles. The molecule has 318 valence electrons. The molecule has 6 aliphatic carbocycles. The minimum atomic E-state index is -1.24. The molecule has 1 aromatic rings. The van der Waals surface area contributed by atoms with Gasteiger partial charge >= 0.3 is 11.9 Å². The van der Waals surface area contributed by atoms with Crippen LogP contribution in [-0.4, -0.2) is 51.8 Å². The molecule has 9 nitrogen and oxygen atoms in total. The van der Waals surface area contributed by atoms with E-state index in [-0.39, 0.29) is 69.6 Å². The fourth-order valence-electron chi connectivity index (χ4n) is 14.3. The van der Waals surface area contributed by atoms with E-state index in [9.17, 15) is 29.1 Å². The number of carboxylic acids is 1. The van der Waals surface area contributed by atoms with E-state index in [0.717, 1.165) is 56.1 Å². The smallest absolute Gasteiger partial charge is 0.309 e. The Morgan fingerprint density at radius 2 is 1.48 bits per heavy atom. The lowest BCUT2D eigenvalue weighted by atomic mass is 9.33. The number of carbonyl (C=O) groups excluding carboxylic acids is 4. The van der Waals surface area contributed by atoms with Crippen molar-refractivity contribution < 1.29 is 33.8 Å². The van der Waals surface area contributed by atoms with E-state index in [1.54, 1.807) is 38.1 Å². The Hall–Kier alpha value is -3.20. The summed E-state index contributed by atoms with van der Waals surface area (Å²) < 4.78 is 6.41. The maximum Gasteiger partial charge on any atom is 0.309 e. The first kappa shape index (κ1) is 42.9. The zero-order valence-corrected chi connectivity index (χ0v) is 37.5. The van der Waals surface area contributed by atoms with E-state index in [2.05, 4.69) is 59.1 Å². The summed E-state index contributed by atoms with van der Waals surface area (Å²) in [5.74, 6) is -1.66. The standard InChI is InChI=1S/C48H67ClN2O7/c1-26(2)36-32(52)25-48(51-41(57)44(7,8)50-38(53)27-12-14-28(49)15-13-27)23-22-46(10)29(37(36)48)16-17-34-45(9)20-19-35(43(5,6)33(45)18-21-47(34,46)11)58-40(56)31-24-30(39(54)55)42(31,3)4/h12-15,26,29-31,33-35H,16-25H2,1-11H3,(H,50,53)(H,51,57)(H,54,55)/t29-,30-,31+,33?,34-,35+,45+,46-,47-,48-/m1/s1. The number of halogens is 1. The van der Waals surface area contributed by atoms with Gasteiger partial charge in [0.15, 0.2) is 5.78 Å². The second-order valence-electron chi connectivity index (χ2n) is 22.1. The quantitative estimate of drug-likeness (QED) is 0.222. The molecule has 1 aromatic carbocycles. The van der Waals surface area contributed by atoms with E-state index < -0.39 is 34.3 Å². The van der Waals surface area contributed by atoms with E-state index in [0.29, 0.717) is 35.3 Å². The third-order valence-corrected chi connectivity index (χ3v) is 18.2. The summed E-state index contributed by atoms with van der Waals surface area (Å²) in [6.45, 7) is 23.5. The van der Waals surface area contributed by atoms with Gasteiger partial charge < -0.3 is 20.5 Å². The Morgan fingerprint density at radius 1 is 0.828 bits per heavy atom. The number of carboxylic acid groups (broad SMARTS) is 1. The van der Waals surface area contributed by atoms with Crippen LogP contribution in [0.3, 0.4) is 0 Å². The summed E-state index contributed by atoms with van der Waals surface area (Å²) in [5, 5.41) is 16.6. The third-order valence-electron chi connectivity index (χ3n) is 17.9. The summed E-state index contributed by atoms with van der Waals surface area (Å²) >= 11 is 6.05. The lowest BCUT2D eigenvalue weighted by Gasteiger charge is -2.72. The van der Waals surface area contributed by atoms with Crippen molar-refractivity contribution >= 4 is 41.1 Å². The molecular weight excluding hydrogens is 752 g/mol. The van der Waals surface area contributed by atoms with Gasteiger partial charge in [-0.1, -0.05) is 73.9 Å². The molecule has 5 fully saturated rings. The molecule has 0 radical (unpaired) electrons. The molecular formula is C48H67ClN2O7. The van der Waals surface area contributed by atoms with Gasteiger partial charge in [-0.05, 0) is 152 Å². The molecule has 7 rings (SSSR count). The number of carbonyl (C=O) groups is 5. The molecule has 0 bridgehead atoms. The van der Waals surface area contributed by atoms with Gasteiger partial charge in [0.25, 0.3) is 5.91 Å². The number of amides is 2. The Bertz CT molecular complexity index is 1950. The zero-order chi connectivity index (χ0) is 42.8. The average molecular weight is 820 g/mol. The highest BCUT2D eigenvalue weighted by Gasteiger charge is 2.71. The van der Waals surface area contributed by atoms with Crippen LogP contribution in [0.15, 0.2) is 35.4 Å². The average Bonchev–Trinajstić information content (AvgIpc) is 3.41. The third kappa shape index (κ3) is 6.23. The zero-order valence-electron chi connectivity index (χ0n) is 36.7. The number of fused-ring (bicyclic) bond motifs is 7. The summed E-state index contributed by atoms with van der Waals surface area (Å²) in [5.41, 5.74) is -0.601. The maximum absolute atomic E-state index is 14.4. The summed E-state index contributed by atoms with van der Waals surface area (Å²) in [6.07, 6.45) is 7.65. The van der Waals surface area contributed by atoms with Crippen molar-refractivity contribution in [2.75, 3.05) is 0 Å². The van der Waals surface area contributed by atoms with Gasteiger partial charge in [0, 0.05) is 22.4 Å². The first-order chi connectivity index (χ1) is 26.8. The van der Waals surface area contributed by atoms with Crippen molar-refractivity contribution in [2.45, 2.75) is 158 Å². The second kappa shape index (κ2) is 13.9. The minimum Gasteiger partial charge on any atom is -0.481 e. The molecule has 1 unspecified atom stereocenters. The van der Waals surface area contributed by atoms with Crippen LogP contribution in [0.4, 0.5) is 0 Å². The number of nitrogens with one attached hydrogen (secondary N) is 2. The topological polar surface area (TPSA) is 139 Å². The number of Topliss-reactive ketones (excluding diaryl/α,β-unsaturated/α-hetero) is 1. The SMILES string of the molecule is CC(C)C1=C2[C@H]3CC[C@@H]4[C@@]5(C)CC[C@H](OC(=O)[C@@H]6C[C@H](C(=O)O)C6(C)C)C(C)(C)C5CC[C@@]4(C)[C@]3(C)CC[C@@]2(NC(=O)C(C)(C)NC(=O)c2ccc(Cl)cc2)CC1=O. The number of hydrogen-bond acceptors (Lipinski definition) is 6. The highest BCUT2D eigenvalue weighted by atomic mass is 35.5. The van der Waals surface area contributed by atoms with Crippen LogP contribution in [0.25, 0.3) is 0 Å². The number of ether oxygens (including phenoxy) is 1. The Kier molecular flexibility index (Phi) is 10.3. The number of hydrogen-bond donors (Lipinski definition) is 3. The lowest BCUT2D eigenvalue weighted by Crippen LogP contribution is -2.68. The van der Waals surface area contributed by atoms with Crippen molar-refractivity contribution in [2.24, 2.45) is 62.6 Å². The summed E-state index contributed by atoms with van der Waals surface area (Å²) in [4.78, 5) is 67.2. The van der Waals surface area contributed by atoms with Crippen molar-refractivity contribution in [1.82, 2.24) is 10.6 Å². The number of ketones is 1. The van der Waals surface area contributed by atoms with Gasteiger partial charge in [-0.25, -0.2) is 0 Å². The molecule has 3 N–H and O–H groups in total. The Balaban J connectivity index is 1.13.